The first-order valence-electron chi connectivity index (χ1n) is 8.53. The van der Waals surface area contributed by atoms with Crippen LogP contribution < -0.4 is 15.4 Å². The second kappa shape index (κ2) is 9.86. The van der Waals surface area contributed by atoms with Crippen molar-refractivity contribution in [3.8, 4) is 0 Å². The molecule has 0 atom stereocenters. The number of sulfonamides is 1. The summed E-state index contributed by atoms with van der Waals surface area (Å²) in [7, 11) is -4.30. The van der Waals surface area contributed by atoms with Crippen molar-refractivity contribution in [2.45, 2.75) is 24.4 Å². The number of alkyl halides is 3. The van der Waals surface area contributed by atoms with Crippen LogP contribution in [-0.2, 0) is 25.8 Å². The maximum atomic E-state index is 12.9. The molecule has 0 aliphatic heterocycles. The molecule has 2 aromatic carbocycles. The van der Waals surface area contributed by atoms with Crippen molar-refractivity contribution in [2.75, 3.05) is 17.2 Å². The standard InChI is InChI=1S/C18H16Cl2F3N3O4S/c1-10(27)25-16-5-2-11(8-15(16)20)26-17(28)6-7-24-31(29,30)12-3-4-14(19)13(9-12)18(21,22)23/h2-5,8-9,24H,6-7H2,1H3,(H,25,27)(H,26,28). The number of anilines is 2. The Balaban J connectivity index is 1.97. The fourth-order valence-corrected chi connectivity index (χ4v) is 3.89. The van der Waals surface area contributed by atoms with Crippen LogP contribution in [0.15, 0.2) is 41.3 Å². The van der Waals surface area contributed by atoms with E-state index in [-0.39, 0.29) is 23.9 Å². The average Bonchev–Trinajstić information content (AvgIpc) is 2.62. The minimum Gasteiger partial charge on any atom is -0.326 e. The third kappa shape index (κ3) is 7.10. The molecular formula is C18H16Cl2F3N3O4S. The smallest absolute Gasteiger partial charge is 0.326 e. The lowest BCUT2D eigenvalue weighted by molar-refractivity contribution is -0.137. The summed E-state index contributed by atoms with van der Waals surface area (Å²) in [6, 6.07) is 6.52. The molecule has 7 nitrogen and oxygen atoms in total. The number of carbonyl (C=O) groups excluding carboxylic acids is 2. The Bertz CT molecular complexity index is 1110. The molecule has 0 saturated heterocycles. The molecular weight excluding hydrogens is 482 g/mol. The molecule has 0 unspecified atom stereocenters. The molecule has 0 aliphatic rings. The maximum Gasteiger partial charge on any atom is 0.417 e. The van der Waals surface area contributed by atoms with E-state index in [2.05, 4.69) is 15.4 Å². The van der Waals surface area contributed by atoms with E-state index in [1.54, 1.807) is 0 Å². The number of carbonyl (C=O) groups is 2. The van der Waals surface area contributed by atoms with Crippen LogP contribution in [0.25, 0.3) is 0 Å². The zero-order valence-electron chi connectivity index (χ0n) is 15.8. The van der Waals surface area contributed by atoms with Gasteiger partial charge in [0, 0.05) is 25.6 Å². The summed E-state index contributed by atoms with van der Waals surface area (Å²) >= 11 is 11.5. The highest BCUT2D eigenvalue weighted by atomic mass is 35.5. The van der Waals surface area contributed by atoms with E-state index >= 15 is 0 Å². The summed E-state index contributed by atoms with van der Waals surface area (Å²) in [6.07, 6.45) is -5.12. The van der Waals surface area contributed by atoms with Crippen molar-refractivity contribution in [3.05, 3.63) is 52.0 Å². The topological polar surface area (TPSA) is 104 Å². The van der Waals surface area contributed by atoms with Crippen LogP contribution in [0.5, 0.6) is 0 Å². The number of amides is 2. The Morgan fingerprint density at radius 2 is 1.68 bits per heavy atom. The number of hydrogen-bond acceptors (Lipinski definition) is 4. The van der Waals surface area contributed by atoms with Crippen LogP contribution in [-0.4, -0.2) is 26.8 Å². The van der Waals surface area contributed by atoms with E-state index in [0.717, 1.165) is 12.1 Å². The zero-order valence-corrected chi connectivity index (χ0v) is 18.1. The lowest BCUT2D eigenvalue weighted by Gasteiger charge is -2.12. The largest absolute Gasteiger partial charge is 0.417 e. The van der Waals surface area contributed by atoms with Crippen LogP contribution in [0.2, 0.25) is 10.0 Å². The van der Waals surface area contributed by atoms with Gasteiger partial charge < -0.3 is 10.6 Å². The second-order valence-electron chi connectivity index (χ2n) is 6.21. The maximum absolute atomic E-state index is 12.9. The fraction of sp³-hybridized carbons (Fsp3) is 0.222. The number of benzene rings is 2. The van der Waals surface area contributed by atoms with Gasteiger partial charge in [-0.05, 0) is 36.4 Å². The first-order valence-corrected chi connectivity index (χ1v) is 10.8. The first-order chi connectivity index (χ1) is 14.3. The molecule has 0 spiro atoms. The van der Waals surface area contributed by atoms with Crippen molar-refractivity contribution in [1.82, 2.24) is 4.72 Å². The van der Waals surface area contributed by atoms with Crippen LogP contribution in [0, 0.1) is 0 Å². The van der Waals surface area contributed by atoms with Crippen molar-refractivity contribution in [1.29, 1.82) is 0 Å². The van der Waals surface area contributed by atoms with Crippen molar-refractivity contribution < 1.29 is 31.2 Å². The molecule has 0 heterocycles. The third-order valence-corrected chi connectivity index (χ3v) is 5.86. The first kappa shape index (κ1) is 24.9. The molecule has 0 saturated carbocycles. The highest BCUT2D eigenvalue weighted by molar-refractivity contribution is 7.89. The van der Waals surface area contributed by atoms with Gasteiger partial charge in [0.15, 0.2) is 0 Å². The molecule has 31 heavy (non-hydrogen) atoms. The van der Waals surface area contributed by atoms with E-state index in [1.807, 2.05) is 0 Å². The minimum atomic E-state index is -4.82. The predicted octanol–water partition coefficient (Wildman–Crippen LogP) is 4.28. The number of hydrogen-bond donors (Lipinski definition) is 3. The van der Waals surface area contributed by atoms with Gasteiger partial charge in [-0.15, -0.1) is 0 Å². The van der Waals surface area contributed by atoms with Gasteiger partial charge >= 0.3 is 6.18 Å². The monoisotopic (exact) mass is 497 g/mol. The van der Waals surface area contributed by atoms with Crippen molar-refractivity contribution in [3.63, 3.8) is 0 Å². The summed E-state index contributed by atoms with van der Waals surface area (Å²) < 4.78 is 65.3. The van der Waals surface area contributed by atoms with Gasteiger partial charge in [-0.3, -0.25) is 9.59 Å². The highest BCUT2D eigenvalue weighted by Crippen LogP contribution is 2.35. The Kier molecular flexibility index (Phi) is 7.93. The van der Waals surface area contributed by atoms with Gasteiger partial charge in [0.2, 0.25) is 21.8 Å². The van der Waals surface area contributed by atoms with E-state index in [9.17, 15) is 31.2 Å². The normalized spacial score (nSPS) is 11.8. The van der Waals surface area contributed by atoms with Gasteiger partial charge in [0.1, 0.15) is 0 Å². The third-order valence-electron chi connectivity index (χ3n) is 3.76. The Labute approximate surface area is 186 Å². The molecule has 0 aliphatic carbocycles. The molecule has 168 valence electrons. The van der Waals surface area contributed by atoms with Crippen LogP contribution in [0.4, 0.5) is 24.5 Å². The second-order valence-corrected chi connectivity index (χ2v) is 8.79. The van der Waals surface area contributed by atoms with Crippen LogP contribution in [0.3, 0.4) is 0 Å². The number of nitrogens with one attached hydrogen (secondary N) is 3. The molecule has 2 aromatic rings. The van der Waals surface area contributed by atoms with E-state index in [4.69, 9.17) is 23.2 Å². The van der Waals surface area contributed by atoms with E-state index < -0.39 is 37.6 Å². The van der Waals surface area contributed by atoms with Crippen LogP contribution >= 0.6 is 23.2 Å². The van der Waals surface area contributed by atoms with Crippen LogP contribution in [0.1, 0.15) is 18.9 Å². The minimum absolute atomic E-state index is 0.178. The molecule has 0 bridgehead atoms. The fourth-order valence-electron chi connectivity index (χ4n) is 2.38. The molecule has 0 aromatic heterocycles. The van der Waals surface area contributed by atoms with Crippen molar-refractivity contribution >= 4 is 56.4 Å². The van der Waals surface area contributed by atoms with Gasteiger partial charge in [-0.25, -0.2) is 13.1 Å². The van der Waals surface area contributed by atoms with E-state index in [1.165, 1.54) is 25.1 Å². The Morgan fingerprint density at radius 3 is 2.26 bits per heavy atom. The average molecular weight is 498 g/mol. The lowest BCUT2D eigenvalue weighted by Crippen LogP contribution is -2.28. The Morgan fingerprint density at radius 1 is 1.00 bits per heavy atom. The molecule has 13 heteroatoms. The molecule has 2 rings (SSSR count). The van der Waals surface area contributed by atoms with Gasteiger partial charge in [-0.2, -0.15) is 13.2 Å². The summed E-state index contributed by atoms with van der Waals surface area (Å²) in [5.41, 5.74) is -0.630. The predicted molar refractivity (Wildman–Crippen MR) is 111 cm³/mol. The summed E-state index contributed by atoms with van der Waals surface area (Å²) in [6.45, 7) is 0.941. The highest BCUT2D eigenvalue weighted by Gasteiger charge is 2.34. The molecule has 3 N–H and O–H groups in total. The summed E-state index contributed by atoms with van der Waals surface area (Å²) in [5.74, 6) is -0.896. The summed E-state index contributed by atoms with van der Waals surface area (Å²) in [5, 5.41) is 4.53. The van der Waals surface area contributed by atoms with E-state index in [0.29, 0.717) is 17.4 Å². The molecule has 0 radical (unpaired) electrons. The zero-order chi connectivity index (χ0) is 23.4. The summed E-state index contributed by atoms with van der Waals surface area (Å²) in [4.78, 5) is 22.4. The molecule has 2 amide bonds. The van der Waals surface area contributed by atoms with Gasteiger partial charge in [0.25, 0.3) is 0 Å². The number of rotatable bonds is 7. The SMILES string of the molecule is CC(=O)Nc1ccc(NC(=O)CCNS(=O)(=O)c2ccc(Cl)c(C(F)(F)F)c2)cc1Cl. The Hall–Kier alpha value is -2.34. The van der Waals surface area contributed by atoms with Gasteiger partial charge in [0.05, 0.1) is 26.2 Å². The van der Waals surface area contributed by atoms with Crippen molar-refractivity contribution in [2.24, 2.45) is 0 Å². The quantitative estimate of drug-likeness (QED) is 0.530. The molecule has 0 fully saturated rings. The van der Waals surface area contributed by atoms with Gasteiger partial charge in [-0.1, -0.05) is 23.2 Å². The number of halogens is 5. The lowest BCUT2D eigenvalue weighted by atomic mass is 10.2.